The Morgan fingerprint density at radius 1 is 0.864 bits per heavy atom. The minimum absolute atomic E-state index is 0.0258. The molecule has 0 radical (unpaired) electrons. The molecule has 0 spiro atoms. The van der Waals surface area contributed by atoms with Gasteiger partial charge in [0.25, 0.3) is 5.91 Å². The summed E-state index contributed by atoms with van der Waals surface area (Å²) in [5.41, 5.74) is 5.86. The van der Waals surface area contributed by atoms with Gasteiger partial charge in [-0.2, -0.15) is 11.8 Å². The van der Waals surface area contributed by atoms with Crippen LogP contribution in [-0.4, -0.2) is 46.7 Å². The van der Waals surface area contributed by atoms with E-state index in [0.29, 0.717) is 41.8 Å². The molecule has 1 unspecified atom stereocenters. The molecule has 4 aromatic rings. The number of carboxylic acid groups (broad SMARTS) is 1. The van der Waals surface area contributed by atoms with Crippen LogP contribution in [0.2, 0.25) is 0 Å². The van der Waals surface area contributed by atoms with Crippen molar-refractivity contribution in [2.24, 2.45) is 0 Å². The molecule has 0 bridgehead atoms. The lowest BCUT2D eigenvalue weighted by Gasteiger charge is -2.26. The number of hydrogen-bond acceptors (Lipinski definition) is 5. The first-order valence-corrected chi connectivity index (χ1v) is 15.7. The second kappa shape index (κ2) is 15.5. The molecule has 0 aromatic heterocycles. The van der Waals surface area contributed by atoms with Crippen molar-refractivity contribution in [2.75, 3.05) is 23.5 Å². The van der Waals surface area contributed by atoms with Crippen LogP contribution in [0, 0.1) is 18.6 Å². The number of nitrogens with zero attached hydrogens (tertiary/aromatic N) is 1. The Balaban J connectivity index is 1.73. The van der Waals surface area contributed by atoms with Crippen LogP contribution < -0.4 is 10.2 Å². The number of amides is 1. The Bertz CT molecular complexity index is 1580. The van der Waals surface area contributed by atoms with Gasteiger partial charge in [0.05, 0.1) is 0 Å². The summed E-state index contributed by atoms with van der Waals surface area (Å²) in [5, 5.41) is 21.7. The first-order chi connectivity index (χ1) is 21.2. The predicted octanol–water partition coefficient (Wildman–Crippen LogP) is 6.62. The van der Waals surface area contributed by atoms with E-state index in [1.165, 1.54) is 23.9 Å². The Labute approximate surface area is 260 Å². The Morgan fingerprint density at radius 3 is 2.16 bits per heavy atom. The van der Waals surface area contributed by atoms with Crippen LogP contribution >= 0.6 is 11.8 Å². The first-order valence-electron chi connectivity index (χ1n) is 14.3. The zero-order chi connectivity index (χ0) is 31.6. The highest BCUT2D eigenvalue weighted by Crippen LogP contribution is 2.30. The van der Waals surface area contributed by atoms with Crippen molar-refractivity contribution in [3.63, 3.8) is 0 Å². The van der Waals surface area contributed by atoms with Gasteiger partial charge in [0.1, 0.15) is 17.7 Å². The summed E-state index contributed by atoms with van der Waals surface area (Å²) >= 11 is 1.51. The van der Waals surface area contributed by atoms with Crippen molar-refractivity contribution in [2.45, 2.75) is 38.9 Å². The number of rotatable bonds is 14. The minimum atomic E-state index is -1.09. The Kier molecular flexibility index (Phi) is 11.5. The number of carbonyl (C=O) groups excluding carboxylic acids is 1. The first kappa shape index (κ1) is 32.7. The van der Waals surface area contributed by atoms with E-state index < -0.39 is 29.6 Å². The molecule has 44 heavy (non-hydrogen) atoms. The van der Waals surface area contributed by atoms with Gasteiger partial charge >= 0.3 is 5.97 Å². The quantitative estimate of drug-likeness (QED) is 0.147. The van der Waals surface area contributed by atoms with Crippen LogP contribution in [0.3, 0.4) is 0 Å². The maximum atomic E-state index is 14.1. The van der Waals surface area contributed by atoms with E-state index in [1.807, 2.05) is 78.7 Å². The summed E-state index contributed by atoms with van der Waals surface area (Å²) in [4.78, 5) is 27.3. The molecular weight excluding hydrogens is 582 g/mol. The fourth-order valence-electron chi connectivity index (χ4n) is 5.10. The van der Waals surface area contributed by atoms with Crippen LogP contribution in [0.15, 0.2) is 84.9 Å². The number of aliphatic hydroxyl groups is 1. The number of anilines is 1. The molecule has 0 fully saturated rings. The third-order valence-corrected chi connectivity index (χ3v) is 7.99. The number of aliphatic hydroxyl groups excluding tert-OH is 1. The zero-order valence-corrected chi connectivity index (χ0v) is 25.5. The van der Waals surface area contributed by atoms with Gasteiger partial charge in [0, 0.05) is 37.0 Å². The zero-order valence-electron chi connectivity index (χ0n) is 24.7. The predicted molar refractivity (Wildman–Crippen MR) is 172 cm³/mol. The fraction of sp³-hybridized carbons (Fsp3) is 0.257. The average molecular weight is 619 g/mol. The van der Waals surface area contributed by atoms with Gasteiger partial charge in [0.2, 0.25) is 0 Å². The highest BCUT2D eigenvalue weighted by molar-refractivity contribution is 7.98. The van der Waals surface area contributed by atoms with Crippen LogP contribution in [0.4, 0.5) is 14.5 Å². The van der Waals surface area contributed by atoms with Gasteiger partial charge in [-0.05, 0) is 102 Å². The molecule has 6 nitrogen and oxygen atoms in total. The van der Waals surface area contributed by atoms with Crippen molar-refractivity contribution < 1.29 is 28.6 Å². The Hall–Kier alpha value is -4.21. The molecule has 4 rings (SSSR count). The SMILES string of the molecule is CSCCC(NC(=O)c1ccc(CN(Cc2cc(F)cc(F)c2)c2ccc(CCO)cc2)cc1-c1ccccc1C)C(=O)O. The number of benzene rings is 4. The molecule has 0 aliphatic carbocycles. The summed E-state index contributed by atoms with van der Waals surface area (Å²) in [7, 11) is 0. The average Bonchev–Trinajstić information content (AvgIpc) is 2.99. The van der Waals surface area contributed by atoms with Gasteiger partial charge in [-0.15, -0.1) is 0 Å². The molecule has 230 valence electrons. The molecule has 9 heteroatoms. The van der Waals surface area contributed by atoms with E-state index >= 15 is 0 Å². The topological polar surface area (TPSA) is 89.9 Å². The van der Waals surface area contributed by atoms with E-state index in [4.69, 9.17) is 0 Å². The van der Waals surface area contributed by atoms with E-state index in [1.54, 1.807) is 6.07 Å². The number of halogens is 2. The minimum Gasteiger partial charge on any atom is -0.480 e. The molecule has 0 aliphatic rings. The van der Waals surface area contributed by atoms with Crippen LogP contribution in [0.25, 0.3) is 11.1 Å². The molecule has 0 aliphatic heterocycles. The van der Waals surface area contributed by atoms with Crippen LogP contribution in [0.1, 0.15) is 39.0 Å². The number of nitrogens with one attached hydrogen (secondary N) is 1. The van der Waals surface area contributed by atoms with Crippen molar-refractivity contribution in [1.29, 1.82) is 0 Å². The number of aliphatic carboxylic acids is 1. The summed E-state index contributed by atoms with van der Waals surface area (Å²) in [6.45, 7) is 2.54. The molecule has 1 amide bonds. The maximum absolute atomic E-state index is 14.1. The number of carboxylic acids is 1. The van der Waals surface area contributed by atoms with Crippen molar-refractivity contribution in [3.8, 4) is 11.1 Å². The molecular formula is C35H36F2N2O4S. The van der Waals surface area contributed by atoms with Crippen molar-refractivity contribution in [1.82, 2.24) is 5.32 Å². The van der Waals surface area contributed by atoms with Crippen molar-refractivity contribution >= 4 is 29.3 Å². The lowest BCUT2D eigenvalue weighted by Crippen LogP contribution is -2.41. The number of thioether (sulfide) groups is 1. The lowest BCUT2D eigenvalue weighted by molar-refractivity contribution is -0.139. The van der Waals surface area contributed by atoms with Crippen LogP contribution in [-0.2, 0) is 24.3 Å². The molecule has 4 aromatic carbocycles. The number of aryl methyl sites for hydroxylation is 1. The summed E-state index contributed by atoms with van der Waals surface area (Å²) in [6, 6.07) is 23.1. The molecule has 0 saturated heterocycles. The third kappa shape index (κ3) is 8.67. The van der Waals surface area contributed by atoms with E-state index in [2.05, 4.69) is 5.32 Å². The smallest absolute Gasteiger partial charge is 0.326 e. The molecule has 3 N–H and O–H groups in total. The second-order valence-corrected chi connectivity index (χ2v) is 11.6. The third-order valence-electron chi connectivity index (χ3n) is 7.35. The maximum Gasteiger partial charge on any atom is 0.326 e. The van der Waals surface area contributed by atoms with E-state index in [-0.39, 0.29) is 13.2 Å². The van der Waals surface area contributed by atoms with E-state index in [0.717, 1.165) is 34.0 Å². The number of hydrogen-bond donors (Lipinski definition) is 3. The summed E-state index contributed by atoms with van der Waals surface area (Å²) in [5.74, 6) is -2.29. The van der Waals surface area contributed by atoms with Gasteiger partial charge in [-0.3, -0.25) is 4.79 Å². The standard InChI is InChI=1S/C35H36F2N2O4S/c1-23-5-3-4-6-30(23)32-19-25(9-12-31(32)34(41)38-33(35(42)43)14-16-44-2)21-39(22-26-17-27(36)20-28(37)18-26)29-10-7-24(8-11-29)13-15-40/h3-12,17-20,33,40H,13-16,21-22H2,1-2H3,(H,38,41)(H,42,43). The largest absolute Gasteiger partial charge is 0.480 e. The summed E-state index contributed by atoms with van der Waals surface area (Å²) in [6.07, 6.45) is 2.69. The summed E-state index contributed by atoms with van der Waals surface area (Å²) < 4.78 is 28.2. The van der Waals surface area contributed by atoms with Gasteiger partial charge < -0.3 is 20.4 Å². The second-order valence-electron chi connectivity index (χ2n) is 10.6. The van der Waals surface area contributed by atoms with Crippen LogP contribution in [0.5, 0.6) is 0 Å². The number of carbonyl (C=O) groups is 2. The molecule has 0 heterocycles. The Morgan fingerprint density at radius 2 is 1.52 bits per heavy atom. The monoisotopic (exact) mass is 618 g/mol. The normalized spacial score (nSPS) is 11.7. The van der Waals surface area contributed by atoms with Crippen molar-refractivity contribution in [3.05, 3.63) is 124 Å². The molecule has 1 atom stereocenters. The van der Waals surface area contributed by atoms with E-state index in [9.17, 15) is 28.6 Å². The van der Waals surface area contributed by atoms with Gasteiger partial charge in [-0.25, -0.2) is 13.6 Å². The lowest BCUT2D eigenvalue weighted by atomic mass is 9.93. The van der Waals surface area contributed by atoms with Gasteiger partial charge in [-0.1, -0.05) is 42.5 Å². The van der Waals surface area contributed by atoms with Gasteiger partial charge in [0.15, 0.2) is 0 Å². The highest BCUT2D eigenvalue weighted by atomic mass is 32.2. The molecule has 0 saturated carbocycles. The fourth-order valence-corrected chi connectivity index (χ4v) is 5.57. The highest BCUT2D eigenvalue weighted by Gasteiger charge is 2.23.